The number of pyridine rings is 1. The van der Waals surface area contributed by atoms with Crippen LogP contribution in [-0.2, 0) is 4.74 Å². The van der Waals surface area contributed by atoms with Gasteiger partial charge < -0.3 is 14.6 Å². The smallest absolute Gasteiger partial charge is 0.138 e. The molecule has 0 radical (unpaired) electrons. The van der Waals surface area contributed by atoms with Gasteiger partial charge in [-0.1, -0.05) is 12.2 Å². The Labute approximate surface area is 112 Å². The van der Waals surface area contributed by atoms with Crippen molar-refractivity contribution in [2.45, 2.75) is 13.8 Å². The number of fused-ring (bicyclic) bond motifs is 1. The molecule has 4 heteroatoms. The SMILES string of the molecule is C/C=c1\c(=C/C)[nH]c2ncc(N3CCOCC3)cc12. The lowest BCUT2D eigenvalue weighted by atomic mass is 10.2. The van der Waals surface area contributed by atoms with Crippen molar-refractivity contribution in [3.05, 3.63) is 22.8 Å². The molecule has 2 aromatic rings. The van der Waals surface area contributed by atoms with Crippen molar-refractivity contribution >= 4 is 28.9 Å². The van der Waals surface area contributed by atoms with Gasteiger partial charge in [-0.25, -0.2) is 4.98 Å². The second-order valence-corrected chi connectivity index (χ2v) is 4.72. The molecule has 2 aromatic heterocycles. The number of H-pyrrole nitrogens is 1. The largest absolute Gasteiger partial charge is 0.378 e. The van der Waals surface area contributed by atoms with Gasteiger partial charge in [-0.05, 0) is 19.9 Å². The van der Waals surface area contributed by atoms with Gasteiger partial charge in [0.05, 0.1) is 25.1 Å². The highest BCUT2D eigenvalue weighted by Crippen LogP contribution is 2.17. The molecule has 0 atom stereocenters. The molecule has 1 N–H and O–H groups in total. The van der Waals surface area contributed by atoms with Gasteiger partial charge >= 0.3 is 0 Å². The number of nitrogens with zero attached hydrogens (tertiary/aromatic N) is 2. The Balaban J connectivity index is 2.14. The maximum atomic E-state index is 5.40. The molecule has 1 saturated heterocycles. The summed E-state index contributed by atoms with van der Waals surface area (Å²) in [5.74, 6) is 0. The van der Waals surface area contributed by atoms with Crippen LogP contribution in [0.1, 0.15) is 13.8 Å². The van der Waals surface area contributed by atoms with Gasteiger partial charge in [0.15, 0.2) is 0 Å². The second-order valence-electron chi connectivity index (χ2n) is 4.72. The van der Waals surface area contributed by atoms with E-state index >= 15 is 0 Å². The van der Waals surface area contributed by atoms with E-state index in [1.165, 1.54) is 16.3 Å². The van der Waals surface area contributed by atoms with E-state index < -0.39 is 0 Å². The first-order valence-electron chi connectivity index (χ1n) is 6.76. The highest BCUT2D eigenvalue weighted by atomic mass is 16.5. The van der Waals surface area contributed by atoms with E-state index in [1.807, 2.05) is 13.1 Å². The van der Waals surface area contributed by atoms with E-state index in [0.29, 0.717) is 0 Å². The average Bonchev–Trinajstić information content (AvgIpc) is 2.84. The zero-order valence-corrected chi connectivity index (χ0v) is 11.4. The summed E-state index contributed by atoms with van der Waals surface area (Å²) in [6.45, 7) is 7.58. The molecule has 1 fully saturated rings. The number of morpholine rings is 1. The fourth-order valence-electron chi connectivity index (χ4n) is 2.63. The molecule has 1 aliphatic heterocycles. The molecule has 100 valence electrons. The summed E-state index contributed by atoms with van der Waals surface area (Å²) in [4.78, 5) is 10.2. The Morgan fingerprint density at radius 1 is 1.26 bits per heavy atom. The first-order chi connectivity index (χ1) is 9.33. The molecule has 3 rings (SSSR count). The minimum Gasteiger partial charge on any atom is -0.378 e. The Hall–Kier alpha value is -1.81. The monoisotopic (exact) mass is 257 g/mol. The van der Waals surface area contributed by atoms with E-state index in [2.05, 4.69) is 40.0 Å². The first kappa shape index (κ1) is 12.2. The third-order valence-corrected chi connectivity index (χ3v) is 3.66. The normalized spacial score (nSPS) is 18.5. The molecular weight excluding hydrogens is 238 g/mol. The van der Waals surface area contributed by atoms with Gasteiger partial charge in [0, 0.05) is 29.0 Å². The van der Waals surface area contributed by atoms with Crippen LogP contribution >= 0.6 is 0 Å². The highest BCUT2D eigenvalue weighted by molar-refractivity contribution is 5.81. The summed E-state index contributed by atoms with van der Waals surface area (Å²) in [6.07, 6.45) is 6.17. The maximum Gasteiger partial charge on any atom is 0.138 e. The third kappa shape index (κ3) is 2.12. The van der Waals surface area contributed by atoms with Gasteiger partial charge in [-0.15, -0.1) is 0 Å². The number of hydrogen-bond donors (Lipinski definition) is 1. The summed E-state index contributed by atoms with van der Waals surface area (Å²) in [7, 11) is 0. The minimum atomic E-state index is 0.798. The lowest BCUT2D eigenvalue weighted by Crippen LogP contribution is -2.36. The predicted octanol–water partition coefficient (Wildman–Crippen LogP) is 1.00. The third-order valence-electron chi connectivity index (χ3n) is 3.66. The predicted molar refractivity (Wildman–Crippen MR) is 78.7 cm³/mol. The van der Waals surface area contributed by atoms with Crippen molar-refractivity contribution in [1.82, 2.24) is 9.97 Å². The van der Waals surface area contributed by atoms with Gasteiger partial charge in [-0.2, -0.15) is 0 Å². The van der Waals surface area contributed by atoms with Gasteiger partial charge in [0.25, 0.3) is 0 Å². The van der Waals surface area contributed by atoms with Crippen molar-refractivity contribution in [1.29, 1.82) is 0 Å². The molecule has 0 saturated carbocycles. The lowest BCUT2D eigenvalue weighted by molar-refractivity contribution is 0.122. The van der Waals surface area contributed by atoms with E-state index in [-0.39, 0.29) is 0 Å². The molecule has 19 heavy (non-hydrogen) atoms. The molecule has 0 aliphatic carbocycles. The molecule has 1 aliphatic rings. The van der Waals surface area contributed by atoms with Crippen LogP contribution in [0.4, 0.5) is 5.69 Å². The van der Waals surface area contributed by atoms with Crippen molar-refractivity contribution in [2.24, 2.45) is 0 Å². The van der Waals surface area contributed by atoms with Crippen molar-refractivity contribution in [3.8, 4) is 0 Å². The summed E-state index contributed by atoms with van der Waals surface area (Å²) in [6, 6.07) is 2.23. The van der Waals surface area contributed by atoms with Crippen LogP contribution in [0.2, 0.25) is 0 Å². The van der Waals surface area contributed by atoms with Gasteiger partial charge in [0.1, 0.15) is 5.65 Å². The molecule has 0 unspecified atom stereocenters. The zero-order chi connectivity index (χ0) is 13.2. The lowest BCUT2D eigenvalue weighted by Gasteiger charge is -2.28. The summed E-state index contributed by atoms with van der Waals surface area (Å²) < 4.78 is 5.40. The van der Waals surface area contributed by atoms with Crippen LogP contribution in [0.3, 0.4) is 0 Å². The van der Waals surface area contributed by atoms with E-state index in [1.54, 1.807) is 0 Å². The quantitative estimate of drug-likeness (QED) is 0.828. The number of rotatable bonds is 1. The molecule has 0 bridgehead atoms. The standard InChI is InChI=1S/C15H19N3O/c1-3-12-13-9-11(18-5-7-19-8-6-18)10-16-15(13)17-14(12)4-2/h3-4,9-10H,5-8H2,1-2H3,(H,16,17)/b12-3-,14-4+. The fraction of sp³-hybridized carbons (Fsp3) is 0.400. The van der Waals surface area contributed by atoms with Crippen LogP contribution in [0, 0.1) is 0 Å². The van der Waals surface area contributed by atoms with Crippen LogP contribution in [0.5, 0.6) is 0 Å². The van der Waals surface area contributed by atoms with Crippen molar-refractivity contribution in [2.75, 3.05) is 31.2 Å². The zero-order valence-electron chi connectivity index (χ0n) is 11.4. The summed E-state index contributed by atoms with van der Waals surface area (Å²) >= 11 is 0. The Morgan fingerprint density at radius 3 is 2.74 bits per heavy atom. The van der Waals surface area contributed by atoms with Crippen molar-refractivity contribution in [3.63, 3.8) is 0 Å². The molecular formula is C15H19N3O. The Kier molecular flexibility index (Phi) is 3.25. The number of anilines is 1. The minimum absolute atomic E-state index is 0.798. The number of aromatic nitrogens is 2. The van der Waals surface area contributed by atoms with E-state index in [0.717, 1.165) is 37.3 Å². The van der Waals surface area contributed by atoms with Gasteiger partial charge in [0.2, 0.25) is 0 Å². The van der Waals surface area contributed by atoms with Crippen LogP contribution in [-0.4, -0.2) is 36.3 Å². The van der Waals surface area contributed by atoms with Crippen molar-refractivity contribution < 1.29 is 4.74 Å². The Morgan fingerprint density at radius 2 is 2.05 bits per heavy atom. The number of aromatic amines is 1. The molecule has 4 nitrogen and oxygen atoms in total. The molecule has 0 amide bonds. The molecule has 0 aromatic carbocycles. The molecule has 0 spiro atoms. The summed E-state index contributed by atoms with van der Waals surface area (Å²) in [5.41, 5.74) is 2.14. The van der Waals surface area contributed by atoms with Crippen LogP contribution in [0.15, 0.2) is 12.3 Å². The number of ether oxygens (including phenoxy) is 1. The topological polar surface area (TPSA) is 41.2 Å². The van der Waals surface area contributed by atoms with Gasteiger partial charge in [-0.3, -0.25) is 0 Å². The summed E-state index contributed by atoms with van der Waals surface area (Å²) in [5, 5.41) is 3.57. The average molecular weight is 257 g/mol. The maximum absolute atomic E-state index is 5.40. The second kappa shape index (κ2) is 5.05. The Bertz CT molecular complexity index is 696. The number of hydrogen-bond acceptors (Lipinski definition) is 3. The molecule has 3 heterocycles. The highest BCUT2D eigenvalue weighted by Gasteiger charge is 2.12. The first-order valence-corrected chi connectivity index (χ1v) is 6.76. The fourth-order valence-corrected chi connectivity index (χ4v) is 2.63. The van der Waals surface area contributed by atoms with E-state index in [9.17, 15) is 0 Å². The van der Waals surface area contributed by atoms with Crippen LogP contribution in [0.25, 0.3) is 23.2 Å². The van der Waals surface area contributed by atoms with Crippen LogP contribution < -0.4 is 15.5 Å². The van der Waals surface area contributed by atoms with E-state index in [4.69, 9.17) is 4.74 Å². The number of nitrogens with one attached hydrogen (secondary N) is 1.